The van der Waals surface area contributed by atoms with E-state index in [4.69, 9.17) is 4.99 Å². The quantitative estimate of drug-likeness (QED) is 0.453. The van der Waals surface area contributed by atoms with Gasteiger partial charge in [-0.05, 0) is 47.7 Å². The first-order valence-electron chi connectivity index (χ1n) is 9.69. The Kier molecular flexibility index (Phi) is 5.07. The number of hydrogen-bond acceptors (Lipinski definition) is 3. The number of aliphatic imine (C=N–C) groups is 1. The van der Waals surface area contributed by atoms with Crippen LogP contribution in [0.3, 0.4) is 0 Å². The van der Waals surface area contributed by atoms with Crippen LogP contribution < -0.4 is 0 Å². The Labute approximate surface area is 165 Å². The third kappa shape index (κ3) is 3.61. The van der Waals surface area contributed by atoms with Gasteiger partial charge in [0.1, 0.15) is 5.76 Å². The van der Waals surface area contributed by atoms with Gasteiger partial charge in [0.25, 0.3) is 0 Å². The summed E-state index contributed by atoms with van der Waals surface area (Å²) >= 11 is 0. The average molecular weight is 369 g/mol. The molecule has 0 atom stereocenters. The van der Waals surface area contributed by atoms with Crippen LogP contribution in [0.25, 0.3) is 10.8 Å². The Morgan fingerprint density at radius 1 is 0.964 bits per heavy atom. The summed E-state index contributed by atoms with van der Waals surface area (Å²) in [5.74, 6) is 0.102. The number of allylic oxidation sites excluding steroid dienone is 2. The zero-order valence-electron chi connectivity index (χ0n) is 16.0. The number of aliphatic hydroxyl groups is 1. The van der Waals surface area contributed by atoms with E-state index in [1.165, 1.54) is 0 Å². The van der Waals surface area contributed by atoms with Gasteiger partial charge in [-0.15, -0.1) is 0 Å². The first-order chi connectivity index (χ1) is 13.6. The van der Waals surface area contributed by atoms with E-state index < -0.39 is 0 Å². The van der Waals surface area contributed by atoms with Crippen molar-refractivity contribution in [2.24, 2.45) is 4.99 Å². The largest absolute Gasteiger partial charge is 0.511 e. The van der Waals surface area contributed by atoms with Gasteiger partial charge in [-0.1, -0.05) is 60.7 Å². The lowest BCUT2D eigenvalue weighted by molar-refractivity contribution is -0.115. The highest BCUT2D eigenvalue weighted by Gasteiger charge is 2.26. The van der Waals surface area contributed by atoms with Crippen molar-refractivity contribution in [3.63, 3.8) is 0 Å². The Bertz CT molecular complexity index is 1100. The van der Waals surface area contributed by atoms with Gasteiger partial charge in [-0.25, -0.2) is 0 Å². The Morgan fingerprint density at radius 2 is 1.71 bits per heavy atom. The van der Waals surface area contributed by atoms with Crippen LogP contribution in [0, 0.1) is 6.92 Å². The number of aryl methyl sites for hydroxylation is 1. The van der Waals surface area contributed by atoms with Crippen LogP contribution in [-0.4, -0.2) is 16.6 Å². The second-order valence-electron chi connectivity index (χ2n) is 7.26. The Balaban J connectivity index is 1.77. The van der Waals surface area contributed by atoms with Crippen LogP contribution in [-0.2, 0) is 11.2 Å². The lowest BCUT2D eigenvalue weighted by Gasteiger charge is -2.18. The minimum atomic E-state index is -0.0173. The number of Topliss-reactive ketones (excluding diaryl/α,β-unsaturated/α-hetero) is 1. The minimum absolute atomic E-state index is 0.0173. The van der Waals surface area contributed by atoms with E-state index in [0.717, 1.165) is 34.0 Å². The molecule has 0 amide bonds. The van der Waals surface area contributed by atoms with Crippen molar-refractivity contribution in [2.45, 2.75) is 32.6 Å². The molecule has 0 unspecified atom stereocenters. The van der Waals surface area contributed by atoms with Crippen LogP contribution >= 0.6 is 0 Å². The summed E-state index contributed by atoms with van der Waals surface area (Å²) in [6, 6.07) is 22.0. The predicted octanol–water partition coefficient (Wildman–Crippen LogP) is 6.03. The Morgan fingerprint density at radius 3 is 2.57 bits per heavy atom. The maximum Gasteiger partial charge on any atom is 0.168 e. The maximum atomic E-state index is 12.7. The summed E-state index contributed by atoms with van der Waals surface area (Å²) in [5, 5.41) is 13.2. The molecule has 0 heterocycles. The molecular formula is C25H23NO2. The normalized spacial score (nSPS) is 17.9. The van der Waals surface area contributed by atoms with Crippen molar-refractivity contribution in [3.8, 4) is 0 Å². The van der Waals surface area contributed by atoms with Gasteiger partial charge in [-0.3, -0.25) is 9.79 Å². The van der Waals surface area contributed by atoms with Crippen LogP contribution in [0.15, 0.2) is 83.1 Å². The van der Waals surface area contributed by atoms with Gasteiger partial charge < -0.3 is 5.11 Å². The molecule has 1 aliphatic rings. The summed E-state index contributed by atoms with van der Waals surface area (Å²) in [7, 11) is 0. The van der Waals surface area contributed by atoms with Gasteiger partial charge in [0.15, 0.2) is 5.78 Å². The number of carbonyl (C=O) groups excluding carboxylic acids is 1. The van der Waals surface area contributed by atoms with Crippen LogP contribution in [0.5, 0.6) is 0 Å². The van der Waals surface area contributed by atoms with Crippen LogP contribution in [0.4, 0.5) is 5.69 Å². The van der Waals surface area contributed by atoms with Crippen molar-refractivity contribution in [3.05, 3.63) is 89.2 Å². The molecule has 28 heavy (non-hydrogen) atoms. The molecule has 3 heteroatoms. The summed E-state index contributed by atoms with van der Waals surface area (Å²) in [6.07, 6.45) is 2.26. The summed E-state index contributed by atoms with van der Waals surface area (Å²) in [4.78, 5) is 17.4. The highest BCUT2D eigenvalue weighted by molar-refractivity contribution is 6.24. The molecule has 0 spiro atoms. The van der Waals surface area contributed by atoms with Crippen molar-refractivity contribution < 1.29 is 9.90 Å². The third-order valence-electron chi connectivity index (χ3n) is 5.28. The average Bonchev–Trinajstić information content (AvgIpc) is 2.70. The van der Waals surface area contributed by atoms with E-state index in [9.17, 15) is 9.90 Å². The topological polar surface area (TPSA) is 49.7 Å². The maximum absolute atomic E-state index is 12.7. The monoisotopic (exact) mass is 369 g/mol. The first kappa shape index (κ1) is 18.2. The zero-order valence-corrected chi connectivity index (χ0v) is 16.0. The summed E-state index contributed by atoms with van der Waals surface area (Å²) in [5.41, 5.74) is 4.02. The van der Waals surface area contributed by atoms with Gasteiger partial charge >= 0.3 is 0 Å². The predicted molar refractivity (Wildman–Crippen MR) is 114 cm³/mol. The molecule has 1 saturated carbocycles. The van der Waals surface area contributed by atoms with Crippen LogP contribution in [0.2, 0.25) is 0 Å². The van der Waals surface area contributed by atoms with Crippen LogP contribution in [0.1, 0.15) is 30.4 Å². The summed E-state index contributed by atoms with van der Waals surface area (Å²) < 4.78 is 0. The molecule has 0 aromatic heterocycles. The molecule has 1 aliphatic carbocycles. The smallest absolute Gasteiger partial charge is 0.168 e. The minimum Gasteiger partial charge on any atom is -0.511 e. The highest BCUT2D eigenvalue weighted by Crippen LogP contribution is 2.28. The van der Waals surface area contributed by atoms with Gasteiger partial charge in [0.05, 0.1) is 17.0 Å². The first-order valence-corrected chi connectivity index (χ1v) is 9.69. The molecule has 1 fully saturated rings. The number of nitrogens with zero attached hydrogens (tertiary/aromatic N) is 1. The summed E-state index contributed by atoms with van der Waals surface area (Å²) in [6.45, 7) is 2.00. The van der Waals surface area contributed by atoms with E-state index >= 15 is 0 Å². The lowest BCUT2D eigenvalue weighted by atomic mass is 9.88. The van der Waals surface area contributed by atoms with Crippen molar-refractivity contribution >= 4 is 28.0 Å². The molecule has 3 aromatic rings. The fraction of sp³-hybridized carbons (Fsp3) is 0.200. The molecular weight excluding hydrogens is 346 g/mol. The molecule has 0 radical (unpaired) electrons. The van der Waals surface area contributed by atoms with Gasteiger partial charge in [0, 0.05) is 12.8 Å². The SMILES string of the molecule is Cc1ccccc1N=C1CCCC(=O)/C1=C(\O)Cc1cccc2ccccc12. The highest BCUT2D eigenvalue weighted by atomic mass is 16.3. The second-order valence-corrected chi connectivity index (χ2v) is 7.26. The molecule has 0 saturated heterocycles. The van der Waals surface area contributed by atoms with E-state index in [1.807, 2.05) is 61.5 Å². The fourth-order valence-corrected chi connectivity index (χ4v) is 3.82. The number of fused-ring (bicyclic) bond motifs is 1. The van der Waals surface area contributed by atoms with E-state index in [0.29, 0.717) is 30.5 Å². The lowest BCUT2D eigenvalue weighted by Crippen LogP contribution is -2.21. The number of benzene rings is 3. The Hall–Kier alpha value is -3.20. The molecule has 3 nitrogen and oxygen atoms in total. The molecule has 0 aliphatic heterocycles. The number of rotatable bonds is 3. The van der Waals surface area contributed by atoms with Gasteiger partial charge in [0.2, 0.25) is 0 Å². The molecule has 4 rings (SSSR count). The molecule has 0 bridgehead atoms. The van der Waals surface area contributed by atoms with Crippen molar-refractivity contribution in [1.29, 1.82) is 0 Å². The van der Waals surface area contributed by atoms with Crippen molar-refractivity contribution in [1.82, 2.24) is 0 Å². The number of hydrogen-bond donors (Lipinski definition) is 1. The van der Waals surface area contributed by atoms with E-state index in [1.54, 1.807) is 0 Å². The van der Waals surface area contributed by atoms with Crippen molar-refractivity contribution in [2.75, 3.05) is 0 Å². The zero-order chi connectivity index (χ0) is 19.5. The van der Waals surface area contributed by atoms with E-state index in [-0.39, 0.29) is 11.5 Å². The standard InChI is InChI=1S/C25H23NO2/c1-17-8-2-5-13-21(17)26-22-14-7-15-23(27)25(22)24(28)16-19-11-6-10-18-9-3-4-12-20(18)19/h2-6,8-13,28H,7,14-16H2,1H3/b25-24-,26-22?. The number of ketones is 1. The number of carbonyl (C=O) groups is 1. The number of aliphatic hydroxyl groups excluding tert-OH is 1. The van der Waals surface area contributed by atoms with E-state index in [2.05, 4.69) is 12.1 Å². The second kappa shape index (κ2) is 7.81. The molecule has 3 aromatic carbocycles. The molecule has 140 valence electrons. The third-order valence-corrected chi connectivity index (χ3v) is 5.28. The number of para-hydroxylation sites is 1. The fourth-order valence-electron chi connectivity index (χ4n) is 3.82. The molecule has 1 N–H and O–H groups in total. The van der Waals surface area contributed by atoms with Gasteiger partial charge in [-0.2, -0.15) is 0 Å².